The highest BCUT2D eigenvalue weighted by Gasteiger charge is 2.37. The number of aryl methyl sites for hydroxylation is 1. The Labute approximate surface area is 666 Å². The maximum absolute atomic E-state index is 2.71. The van der Waals surface area contributed by atoms with Crippen molar-refractivity contribution in [2.24, 2.45) is 0 Å². The van der Waals surface area contributed by atoms with Crippen molar-refractivity contribution in [3.05, 3.63) is 406 Å². The van der Waals surface area contributed by atoms with E-state index >= 15 is 0 Å². The van der Waals surface area contributed by atoms with E-state index in [1.54, 1.807) is 0 Å². The topological polar surface area (TPSA) is 34.5 Å². The van der Waals surface area contributed by atoms with Crippen LogP contribution in [0.15, 0.2) is 400 Å². The van der Waals surface area contributed by atoms with E-state index in [0.29, 0.717) is 0 Å². The number of fused-ring (bicyclic) bond motifs is 21. The molecule has 540 valence electrons. The molecule has 0 saturated carbocycles. The molecule has 0 spiro atoms. The maximum atomic E-state index is 2.71. The Bertz CT molecular complexity index is 7800. The summed E-state index contributed by atoms with van der Waals surface area (Å²) in [7, 11) is 0. The zero-order valence-electron chi connectivity index (χ0n) is 63.2. The van der Waals surface area contributed by atoms with Crippen molar-refractivity contribution >= 4 is 153 Å². The van der Waals surface area contributed by atoms with E-state index in [9.17, 15) is 0 Å². The standard InChI is InChI=1S/C109H69N7/c1-68-29-28-30-73(63-68)104-105(112-92-47-20-8-35-76(92)77-36-9-21-48-93(77)112)107(114-96-51-24-12-39-80(96)81-40-13-25-52-97(81)114)109(108(115-98-53-26-14-41-82(98)83-42-15-27-54-99(83)115)106(104)113-94-49-22-10-37-78(94)79-38-11-23-50-95(79)113)116-102-61-57-71(69-55-59-100-86(64-69)84-43-16-18-45-90(84)110(100)74-31-4-2-5-32-74)66-88(102)89-67-72(58-62-103(89)116)70-56-60-101-87(65-70)85-44-17-19-46-91(85)111(101)75-33-6-3-7-34-75/h2-67H,1H3. The molecule has 0 aliphatic carbocycles. The van der Waals surface area contributed by atoms with Crippen LogP contribution in [0.1, 0.15) is 5.56 Å². The highest BCUT2D eigenvalue weighted by molar-refractivity contribution is 6.21. The summed E-state index contributed by atoms with van der Waals surface area (Å²) in [5.41, 5.74) is 30.7. The normalized spacial score (nSPS) is 12.2. The molecule has 7 heterocycles. The number of aromatic nitrogens is 7. The highest BCUT2D eigenvalue weighted by Crippen LogP contribution is 2.55. The predicted octanol–water partition coefficient (Wildman–Crippen LogP) is 28.7. The predicted molar refractivity (Wildman–Crippen MR) is 488 cm³/mol. The fraction of sp³-hybridized carbons (Fsp3) is 0.00917. The van der Waals surface area contributed by atoms with Crippen LogP contribution in [-0.4, -0.2) is 32.0 Å². The van der Waals surface area contributed by atoms with E-state index in [0.717, 1.165) is 177 Å². The monoisotopic (exact) mass is 1480 g/mol. The summed E-state index contributed by atoms with van der Waals surface area (Å²) < 4.78 is 18.2. The van der Waals surface area contributed by atoms with Crippen LogP contribution in [-0.2, 0) is 0 Å². The number of hydrogen-bond donors (Lipinski definition) is 0. The molecule has 18 aromatic carbocycles. The second kappa shape index (κ2) is 24.8. The Kier molecular flexibility index (Phi) is 13.7. The molecule has 0 fully saturated rings. The molecule has 0 radical (unpaired) electrons. The summed E-state index contributed by atoms with van der Waals surface area (Å²) in [6.07, 6.45) is 0. The molecule has 0 bridgehead atoms. The van der Waals surface area contributed by atoms with Crippen molar-refractivity contribution in [2.75, 3.05) is 0 Å². The van der Waals surface area contributed by atoms with Crippen LogP contribution in [0.2, 0.25) is 0 Å². The van der Waals surface area contributed by atoms with Crippen LogP contribution in [0.25, 0.3) is 226 Å². The Hall–Kier alpha value is -15.4. The average Bonchev–Trinajstić information content (AvgIpc) is 1.46. The first kappa shape index (κ1) is 64.2. The number of benzene rings is 18. The molecule has 7 aromatic heterocycles. The molecular weight excluding hydrogens is 1410 g/mol. The van der Waals surface area contributed by atoms with Gasteiger partial charge in [-0.05, 0) is 168 Å². The van der Waals surface area contributed by atoms with Crippen molar-refractivity contribution < 1.29 is 0 Å². The minimum atomic E-state index is 0.999. The molecule has 0 aliphatic heterocycles. The summed E-state index contributed by atoms with van der Waals surface area (Å²) in [5, 5.41) is 16.4. The average molecular weight is 1480 g/mol. The molecule has 7 nitrogen and oxygen atoms in total. The summed E-state index contributed by atoms with van der Waals surface area (Å²) in [4.78, 5) is 0. The van der Waals surface area contributed by atoms with Crippen molar-refractivity contribution in [3.8, 4) is 73.2 Å². The third-order valence-electron chi connectivity index (χ3n) is 24.9. The summed E-state index contributed by atoms with van der Waals surface area (Å²) in [6, 6.07) is 151. The zero-order valence-corrected chi connectivity index (χ0v) is 63.2. The minimum absolute atomic E-state index is 0.999. The second-order valence-corrected chi connectivity index (χ2v) is 31.1. The summed E-state index contributed by atoms with van der Waals surface area (Å²) in [6.45, 7) is 2.25. The first-order chi connectivity index (χ1) is 57.5. The first-order valence-electron chi connectivity index (χ1n) is 40.1. The maximum Gasteiger partial charge on any atom is 0.0991 e. The van der Waals surface area contributed by atoms with Crippen LogP contribution in [0.3, 0.4) is 0 Å². The van der Waals surface area contributed by atoms with E-state index < -0.39 is 0 Å². The quantitative estimate of drug-likeness (QED) is 0.131. The van der Waals surface area contributed by atoms with Gasteiger partial charge >= 0.3 is 0 Å². The number of para-hydroxylation sites is 12. The Morgan fingerprint density at radius 3 is 0.621 bits per heavy atom. The molecule has 0 unspecified atom stereocenters. The third-order valence-corrected chi connectivity index (χ3v) is 24.9. The van der Waals surface area contributed by atoms with Gasteiger partial charge in [-0.2, -0.15) is 0 Å². The van der Waals surface area contributed by atoms with E-state index in [2.05, 4.69) is 439 Å². The van der Waals surface area contributed by atoms with Gasteiger partial charge in [-0.25, -0.2) is 0 Å². The Morgan fingerprint density at radius 1 is 0.138 bits per heavy atom. The van der Waals surface area contributed by atoms with Crippen LogP contribution in [0, 0.1) is 6.92 Å². The van der Waals surface area contributed by atoms with E-state index in [1.165, 1.54) is 54.1 Å². The molecule has 25 aromatic rings. The largest absolute Gasteiger partial charge is 0.309 e. The fourth-order valence-electron chi connectivity index (χ4n) is 20.1. The molecule has 116 heavy (non-hydrogen) atoms. The van der Waals surface area contributed by atoms with Gasteiger partial charge in [0.2, 0.25) is 0 Å². The third kappa shape index (κ3) is 9.13. The van der Waals surface area contributed by atoms with Gasteiger partial charge in [0.1, 0.15) is 0 Å². The summed E-state index contributed by atoms with van der Waals surface area (Å²) >= 11 is 0. The minimum Gasteiger partial charge on any atom is -0.309 e. The van der Waals surface area contributed by atoms with E-state index in [4.69, 9.17) is 0 Å². The van der Waals surface area contributed by atoms with Crippen molar-refractivity contribution in [1.29, 1.82) is 0 Å². The van der Waals surface area contributed by atoms with Crippen LogP contribution in [0.5, 0.6) is 0 Å². The smallest absolute Gasteiger partial charge is 0.0991 e. The molecule has 0 atom stereocenters. The second-order valence-electron chi connectivity index (χ2n) is 31.1. The Balaban J connectivity index is 0.925. The van der Waals surface area contributed by atoms with Gasteiger partial charge in [0.15, 0.2) is 0 Å². The van der Waals surface area contributed by atoms with Gasteiger partial charge in [0, 0.05) is 92.3 Å². The molecule has 0 N–H and O–H groups in total. The van der Waals surface area contributed by atoms with Crippen molar-refractivity contribution in [3.63, 3.8) is 0 Å². The fourth-order valence-corrected chi connectivity index (χ4v) is 20.1. The Morgan fingerprint density at radius 2 is 0.345 bits per heavy atom. The highest BCUT2D eigenvalue weighted by atomic mass is 15.2. The summed E-state index contributed by atoms with van der Waals surface area (Å²) in [5.74, 6) is 0. The van der Waals surface area contributed by atoms with Crippen molar-refractivity contribution in [2.45, 2.75) is 6.92 Å². The van der Waals surface area contributed by atoms with Crippen LogP contribution < -0.4 is 0 Å². The lowest BCUT2D eigenvalue weighted by atomic mass is 9.94. The molecule has 0 amide bonds. The number of rotatable bonds is 10. The molecule has 0 aliphatic rings. The first-order valence-corrected chi connectivity index (χ1v) is 40.1. The van der Waals surface area contributed by atoms with Gasteiger partial charge in [0.25, 0.3) is 0 Å². The zero-order chi connectivity index (χ0) is 76.0. The lowest BCUT2D eigenvalue weighted by molar-refractivity contribution is 1.00. The molecule has 0 saturated heterocycles. The SMILES string of the molecule is Cc1cccc(-c2c(-n3c4ccccc4c4ccccc43)c(-n3c4ccccc4c4ccccc43)c(-n3c4ccc(-c5ccc6c(c5)c5ccccc5n6-c5ccccc5)cc4c4cc(-c5ccc6c(c5)c5ccccc5n6-c5ccccc5)ccc43)c(-n3c4ccccc4c4ccccc43)c2-n2c3ccccc3c3ccccc32)c1. The molecule has 25 rings (SSSR count). The van der Waals surface area contributed by atoms with Gasteiger partial charge in [-0.15, -0.1) is 0 Å². The van der Waals surface area contributed by atoms with E-state index in [-0.39, 0.29) is 0 Å². The van der Waals surface area contributed by atoms with Gasteiger partial charge in [-0.3, -0.25) is 0 Å². The van der Waals surface area contributed by atoms with Crippen LogP contribution >= 0.6 is 0 Å². The molecule has 7 heteroatoms. The molecular formula is C109H69N7. The van der Waals surface area contributed by atoms with Gasteiger partial charge in [-0.1, -0.05) is 272 Å². The van der Waals surface area contributed by atoms with Gasteiger partial charge in [0.05, 0.1) is 106 Å². The van der Waals surface area contributed by atoms with Crippen molar-refractivity contribution in [1.82, 2.24) is 32.0 Å². The number of hydrogen-bond acceptors (Lipinski definition) is 0. The van der Waals surface area contributed by atoms with Gasteiger partial charge < -0.3 is 32.0 Å². The van der Waals surface area contributed by atoms with Crippen LogP contribution in [0.4, 0.5) is 0 Å². The lowest BCUT2D eigenvalue weighted by Crippen LogP contribution is -2.18. The lowest BCUT2D eigenvalue weighted by Gasteiger charge is -2.32. The number of nitrogens with zero attached hydrogens (tertiary/aromatic N) is 7. The van der Waals surface area contributed by atoms with E-state index in [1.807, 2.05) is 0 Å².